The Bertz CT molecular complexity index is 354. The minimum absolute atomic E-state index is 0.292. The lowest BCUT2D eigenvalue weighted by Crippen LogP contribution is -2.15. The topological polar surface area (TPSA) is 66.8 Å². The molecule has 0 saturated carbocycles. The largest absolute Gasteiger partial charge is 0.498 e. The van der Waals surface area contributed by atoms with Gasteiger partial charge in [-0.15, -0.1) is 0 Å². The second-order valence-electron chi connectivity index (χ2n) is 2.74. The molecule has 0 amide bonds. The Hall–Kier alpha value is -1.73. The highest BCUT2D eigenvalue weighted by Gasteiger charge is 2.15. The van der Waals surface area contributed by atoms with Crippen molar-refractivity contribution in [3.8, 4) is 11.8 Å². The standard InChI is InChI=1S/C10H10O4/c1-14-9-4-2-7(6-8(9)11)3-5-10(12)13/h2,4,8,11H,6H2,1H3,(H,12,13). The molecule has 0 fully saturated rings. The Kier molecular flexibility index (Phi) is 3.32. The molecule has 2 N–H and O–H groups in total. The van der Waals surface area contributed by atoms with Gasteiger partial charge in [0, 0.05) is 17.9 Å². The van der Waals surface area contributed by atoms with Crippen molar-refractivity contribution in [2.24, 2.45) is 0 Å². The first-order chi connectivity index (χ1) is 6.63. The van der Waals surface area contributed by atoms with E-state index in [1.54, 1.807) is 12.2 Å². The number of aliphatic hydroxyl groups is 1. The number of hydrogen-bond donors (Lipinski definition) is 2. The summed E-state index contributed by atoms with van der Waals surface area (Å²) in [5, 5.41) is 17.8. The summed E-state index contributed by atoms with van der Waals surface area (Å²) in [6.07, 6.45) is 2.78. The quantitative estimate of drug-likeness (QED) is 0.589. The van der Waals surface area contributed by atoms with Crippen LogP contribution in [0.4, 0.5) is 0 Å². The van der Waals surface area contributed by atoms with Gasteiger partial charge in [0.2, 0.25) is 0 Å². The van der Waals surface area contributed by atoms with Crippen molar-refractivity contribution < 1.29 is 19.7 Å². The first-order valence-electron chi connectivity index (χ1n) is 4.01. The summed E-state index contributed by atoms with van der Waals surface area (Å²) in [4.78, 5) is 10.1. The molecule has 0 aromatic carbocycles. The summed E-state index contributed by atoms with van der Waals surface area (Å²) >= 11 is 0. The van der Waals surface area contributed by atoms with Gasteiger partial charge in [-0.3, -0.25) is 0 Å². The van der Waals surface area contributed by atoms with Crippen LogP contribution < -0.4 is 0 Å². The smallest absolute Gasteiger partial charge is 0.382 e. The van der Waals surface area contributed by atoms with E-state index in [2.05, 4.69) is 5.92 Å². The number of aliphatic carboxylic acids is 1. The van der Waals surface area contributed by atoms with Gasteiger partial charge in [-0.2, -0.15) is 0 Å². The van der Waals surface area contributed by atoms with Gasteiger partial charge in [-0.1, -0.05) is 5.92 Å². The van der Waals surface area contributed by atoms with Gasteiger partial charge < -0.3 is 14.9 Å². The van der Waals surface area contributed by atoms with Crippen LogP contribution in [0.2, 0.25) is 0 Å². The van der Waals surface area contributed by atoms with E-state index in [4.69, 9.17) is 9.84 Å². The molecule has 0 aromatic heterocycles. The molecule has 0 heterocycles. The number of ether oxygens (including phenoxy) is 1. The van der Waals surface area contributed by atoms with Crippen LogP contribution in [0.15, 0.2) is 23.5 Å². The lowest BCUT2D eigenvalue weighted by atomic mass is 10.0. The van der Waals surface area contributed by atoms with Crippen LogP contribution in [0.1, 0.15) is 6.42 Å². The van der Waals surface area contributed by atoms with Crippen LogP contribution in [-0.2, 0) is 9.53 Å². The Morgan fingerprint density at radius 2 is 2.36 bits per heavy atom. The highest BCUT2D eigenvalue weighted by Crippen LogP contribution is 2.18. The van der Waals surface area contributed by atoms with Gasteiger partial charge in [0.25, 0.3) is 0 Å². The second-order valence-corrected chi connectivity index (χ2v) is 2.74. The molecule has 1 unspecified atom stereocenters. The first-order valence-corrected chi connectivity index (χ1v) is 4.01. The third-order valence-corrected chi connectivity index (χ3v) is 1.76. The lowest BCUT2D eigenvalue weighted by molar-refractivity contribution is -0.130. The SMILES string of the molecule is COC1=CC=C(C#CC(=O)O)CC1O. The average Bonchev–Trinajstić information content (AvgIpc) is 2.15. The predicted molar refractivity (Wildman–Crippen MR) is 49.2 cm³/mol. The summed E-state index contributed by atoms with van der Waals surface area (Å²) < 4.78 is 4.88. The minimum Gasteiger partial charge on any atom is -0.498 e. The van der Waals surface area contributed by atoms with E-state index in [9.17, 15) is 9.90 Å². The van der Waals surface area contributed by atoms with E-state index in [1.165, 1.54) is 7.11 Å². The predicted octanol–water partition coefficient (Wildman–Crippen LogP) is 0.296. The van der Waals surface area contributed by atoms with Crippen molar-refractivity contribution in [2.75, 3.05) is 7.11 Å². The van der Waals surface area contributed by atoms with Crippen molar-refractivity contribution in [3.05, 3.63) is 23.5 Å². The minimum atomic E-state index is -1.18. The summed E-state index contributed by atoms with van der Waals surface area (Å²) in [5.41, 5.74) is 0.584. The summed E-state index contributed by atoms with van der Waals surface area (Å²) in [5.74, 6) is 3.72. The Morgan fingerprint density at radius 1 is 1.64 bits per heavy atom. The first kappa shape index (κ1) is 10.4. The zero-order valence-corrected chi connectivity index (χ0v) is 7.65. The number of hydrogen-bond acceptors (Lipinski definition) is 3. The molecule has 0 aromatic rings. The summed E-state index contributed by atoms with van der Waals surface area (Å²) in [6, 6.07) is 0. The maximum atomic E-state index is 10.1. The number of allylic oxidation sites excluding steroid dienone is 2. The number of aliphatic hydroxyl groups excluding tert-OH is 1. The van der Waals surface area contributed by atoms with Gasteiger partial charge in [-0.05, 0) is 12.2 Å². The van der Waals surface area contributed by atoms with Crippen LogP contribution in [0.25, 0.3) is 0 Å². The molecule has 0 aliphatic heterocycles. The van der Waals surface area contributed by atoms with Crippen LogP contribution >= 0.6 is 0 Å². The van der Waals surface area contributed by atoms with Crippen LogP contribution in [0.3, 0.4) is 0 Å². The van der Waals surface area contributed by atoms with Gasteiger partial charge in [-0.25, -0.2) is 4.79 Å². The Balaban J connectivity index is 2.78. The van der Waals surface area contributed by atoms with Crippen molar-refractivity contribution >= 4 is 5.97 Å². The fourth-order valence-electron chi connectivity index (χ4n) is 1.10. The number of carboxylic acids is 1. The van der Waals surface area contributed by atoms with E-state index in [1.807, 2.05) is 5.92 Å². The fourth-order valence-corrected chi connectivity index (χ4v) is 1.10. The lowest BCUT2D eigenvalue weighted by Gasteiger charge is -2.16. The second kappa shape index (κ2) is 4.49. The Labute approximate surface area is 81.5 Å². The van der Waals surface area contributed by atoms with E-state index in [-0.39, 0.29) is 0 Å². The molecule has 14 heavy (non-hydrogen) atoms. The maximum Gasteiger partial charge on any atom is 0.382 e. The molecule has 0 radical (unpaired) electrons. The maximum absolute atomic E-state index is 10.1. The molecule has 0 bridgehead atoms. The van der Waals surface area contributed by atoms with Crippen LogP contribution in [-0.4, -0.2) is 29.4 Å². The van der Waals surface area contributed by atoms with Gasteiger partial charge >= 0.3 is 5.97 Å². The van der Waals surface area contributed by atoms with E-state index in [0.29, 0.717) is 17.8 Å². The van der Waals surface area contributed by atoms with E-state index >= 15 is 0 Å². The molecule has 74 valence electrons. The Morgan fingerprint density at radius 3 is 2.86 bits per heavy atom. The highest BCUT2D eigenvalue weighted by atomic mass is 16.5. The highest BCUT2D eigenvalue weighted by molar-refractivity contribution is 5.87. The van der Waals surface area contributed by atoms with Crippen LogP contribution in [0.5, 0.6) is 0 Å². The normalized spacial score (nSPS) is 20.0. The molecule has 4 nitrogen and oxygen atoms in total. The molecular weight excluding hydrogens is 184 g/mol. The number of carboxylic acid groups (broad SMARTS) is 1. The zero-order chi connectivity index (χ0) is 10.6. The van der Waals surface area contributed by atoms with Gasteiger partial charge in [0.05, 0.1) is 7.11 Å². The molecule has 0 saturated heterocycles. The molecule has 0 spiro atoms. The van der Waals surface area contributed by atoms with Crippen molar-refractivity contribution in [3.63, 3.8) is 0 Å². The average molecular weight is 194 g/mol. The molecule has 1 rings (SSSR count). The van der Waals surface area contributed by atoms with Gasteiger partial charge in [0.15, 0.2) is 0 Å². The van der Waals surface area contributed by atoms with E-state index in [0.717, 1.165) is 0 Å². The van der Waals surface area contributed by atoms with Crippen molar-refractivity contribution in [1.82, 2.24) is 0 Å². The molecule has 1 aliphatic rings. The van der Waals surface area contributed by atoms with Gasteiger partial charge in [0.1, 0.15) is 11.9 Å². The summed E-state index contributed by atoms with van der Waals surface area (Å²) in [7, 11) is 1.47. The van der Waals surface area contributed by atoms with Crippen LogP contribution in [0, 0.1) is 11.8 Å². The van der Waals surface area contributed by atoms with Crippen molar-refractivity contribution in [1.29, 1.82) is 0 Å². The number of rotatable bonds is 1. The fraction of sp³-hybridized carbons (Fsp3) is 0.300. The van der Waals surface area contributed by atoms with Crippen molar-refractivity contribution in [2.45, 2.75) is 12.5 Å². The third-order valence-electron chi connectivity index (χ3n) is 1.76. The monoisotopic (exact) mass is 194 g/mol. The number of carbonyl (C=O) groups is 1. The molecule has 1 atom stereocenters. The number of methoxy groups -OCH3 is 1. The molecule has 4 heteroatoms. The zero-order valence-electron chi connectivity index (χ0n) is 7.65. The van der Waals surface area contributed by atoms with E-state index < -0.39 is 12.1 Å². The molecule has 1 aliphatic carbocycles. The third kappa shape index (κ3) is 2.64. The summed E-state index contributed by atoms with van der Waals surface area (Å²) in [6.45, 7) is 0. The molecular formula is C10H10O4.